The molecule has 132 valence electrons. The van der Waals surface area contributed by atoms with E-state index < -0.39 is 0 Å². The van der Waals surface area contributed by atoms with Gasteiger partial charge < -0.3 is 15.0 Å². The Hall–Kier alpha value is -2.27. The maximum Gasteiger partial charge on any atom is 0.321 e. The first-order valence-electron chi connectivity index (χ1n) is 8.41. The number of hydrogen-bond acceptors (Lipinski definition) is 3. The predicted octanol–water partition coefficient (Wildman–Crippen LogP) is 4.43. The van der Waals surface area contributed by atoms with Crippen molar-refractivity contribution < 1.29 is 9.53 Å². The summed E-state index contributed by atoms with van der Waals surface area (Å²) in [7, 11) is 0. The summed E-state index contributed by atoms with van der Waals surface area (Å²) in [5.74, 6) is 0.609. The van der Waals surface area contributed by atoms with Crippen LogP contribution < -0.4 is 10.1 Å². The lowest BCUT2D eigenvalue weighted by Crippen LogP contribution is -2.46. The monoisotopic (exact) mass is 359 g/mol. The first-order chi connectivity index (χ1) is 12.0. The Morgan fingerprint density at radius 3 is 2.80 bits per heavy atom. The second-order valence-corrected chi connectivity index (χ2v) is 6.85. The molecule has 1 fully saturated rings. The molecule has 1 saturated heterocycles. The molecule has 1 N–H and O–H groups in total. The number of amides is 2. The van der Waals surface area contributed by atoms with Gasteiger partial charge in [0.25, 0.3) is 0 Å². The van der Waals surface area contributed by atoms with Gasteiger partial charge in [-0.1, -0.05) is 17.7 Å². The highest BCUT2D eigenvalue weighted by Crippen LogP contribution is 2.26. The van der Waals surface area contributed by atoms with Crippen LogP contribution in [0.25, 0.3) is 0 Å². The van der Waals surface area contributed by atoms with Crippen molar-refractivity contribution in [3.05, 3.63) is 52.8 Å². The fourth-order valence-corrected chi connectivity index (χ4v) is 3.27. The van der Waals surface area contributed by atoms with E-state index in [2.05, 4.69) is 16.4 Å². The molecule has 1 aromatic carbocycles. The van der Waals surface area contributed by atoms with Gasteiger partial charge in [-0.3, -0.25) is 4.98 Å². The van der Waals surface area contributed by atoms with E-state index in [1.165, 1.54) is 0 Å². The van der Waals surface area contributed by atoms with E-state index >= 15 is 0 Å². The molecule has 6 heteroatoms. The van der Waals surface area contributed by atoms with Crippen molar-refractivity contribution in [3.8, 4) is 5.75 Å². The van der Waals surface area contributed by atoms with Crippen LogP contribution in [0.1, 0.15) is 24.0 Å². The number of anilines is 1. The number of carbonyl (C=O) groups excluding carboxylic acids is 1. The number of nitrogens with zero attached hydrogens (tertiary/aromatic N) is 2. The van der Waals surface area contributed by atoms with E-state index in [9.17, 15) is 4.79 Å². The summed E-state index contributed by atoms with van der Waals surface area (Å²) in [6.45, 7) is 5.30. The number of aryl methyl sites for hydroxylation is 2. The summed E-state index contributed by atoms with van der Waals surface area (Å²) < 4.78 is 5.96. The van der Waals surface area contributed by atoms with Crippen molar-refractivity contribution in [2.75, 3.05) is 18.4 Å². The molecule has 0 spiro atoms. The molecule has 5 nitrogen and oxygen atoms in total. The average molecular weight is 360 g/mol. The summed E-state index contributed by atoms with van der Waals surface area (Å²) >= 11 is 6.10. The van der Waals surface area contributed by atoms with Gasteiger partial charge in [-0.2, -0.15) is 0 Å². The number of benzene rings is 1. The average Bonchev–Trinajstić information content (AvgIpc) is 2.56. The van der Waals surface area contributed by atoms with Crippen LogP contribution in [0.3, 0.4) is 0 Å². The lowest BCUT2D eigenvalue weighted by molar-refractivity contribution is 0.106. The number of hydrogen-bond donors (Lipinski definition) is 1. The standard InChI is InChI=1S/C19H22ClN3O2/c1-13-8-14(2)10-15(9-13)22-19(24)23-7-3-4-16(12-23)25-18-5-6-21-11-17(18)20/h5-6,8-11,16H,3-4,7,12H2,1-2H3,(H,22,24). The zero-order valence-electron chi connectivity index (χ0n) is 14.5. The predicted molar refractivity (Wildman–Crippen MR) is 99.4 cm³/mol. The first-order valence-corrected chi connectivity index (χ1v) is 8.79. The van der Waals surface area contributed by atoms with Crippen LogP contribution in [0, 0.1) is 13.8 Å². The van der Waals surface area contributed by atoms with Gasteiger partial charge in [-0.25, -0.2) is 4.79 Å². The van der Waals surface area contributed by atoms with Crippen LogP contribution in [0.2, 0.25) is 5.02 Å². The fraction of sp³-hybridized carbons (Fsp3) is 0.368. The molecular formula is C19H22ClN3O2. The summed E-state index contributed by atoms with van der Waals surface area (Å²) in [6.07, 6.45) is 4.93. The second kappa shape index (κ2) is 7.74. The van der Waals surface area contributed by atoms with Crippen LogP contribution in [0.15, 0.2) is 36.7 Å². The Morgan fingerprint density at radius 1 is 1.32 bits per heavy atom. The van der Waals surface area contributed by atoms with Crippen LogP contribution in [0.5, 0.6) is 5.75 Å². The number of aromatic nitrogens is 1. The molecule has 1 atom stereocenters. The minimum atomic E-state index is -0.0980. The second-order valence-electron chi connectivity index (χ2n) is 6.44. The maximum absolute atomic E-state index is 12.6. The van der Waals surface area contributed by atoms with Crippen molar-refractivity contribution in [1.82, 2.24) is 9.88 Å². The number of carbonyl (C=O) groups is 1. The van der Waals surface area contributed by atoms with Crippen molar-refractivity contribution in [1.29, 1.82) is 0 Å². The van der Waals surface area contributed by atoms with Crippen LogP contribution in [0.4, 0.5) is 10.5 Å². The first kappa shape index (κ1) is 17.5. The van der Waals surface area contributed by atoms with E-state index in [0.717, 1.165) is 36.2 Å². The molecule has 3 rings (SSSR count). The normalized spacial score (nSPS) is 17.2. The van der Waals surface area contributed by atoms with E-state index in [-0.39, 0.29) is 12.1 Å². The van der Waals surface area contributed by atoms with Crippen molar-refractivity contribution >= 4 is 23.3 Å². The van der Waals surface area contributed by atoms with Gasteiger partial charge in [-0.05, 0) is 49.9 Å². The number of halogens is 1. The highest BCUT2D eigenvalue weighted by molar-refractivity contribution is 6.31. The molecule has 0 saturated carbocycles. The van der Waals surface area contributed by atoms with Crippen LogP contribution >= 0.6 is 11.6 Å². The third kappa shape index (κ3) is 4.63. The molecule has 1 aromatic heterocycles. The number of urea groups is 1. The van der Waals surface area contributed by atoms with Crippen LogP contribution in [-0.4, -0.2) is 35.1 Å². The van der Waals surface area contributed by atoms with Gasteiger partial charge in [0.15, 0.2) is 0 Å². The number of rotatable bonds is 3. The summed E-state index contributed by atoms with van der Waals surface area (Å²) in [6, 6.07) is 7.67. The Balaban J connectivity index is 1.62. The fourth-order valence-electron chi connectivity index (χ4n) is 3.11. The van der Waals surface area contributed by atoms with Crippen molar-refractivity contribution in [2.24, 2.45) is 0 Å². The van der Waals surface area contributed by atoms with Crippen molar-refractivity contribution in [2.45, 2.75) is 32.8 Å². The summed E-state index contributed by atoms with van der Waals surface area (Å²) in [5, 5.41) is 3.47. The van der Waals surface area contributed by atoms with Crippen molar-refractivity contribution in [3.63, 3.8) is 0 Å². The molecule has 0 radical (unpaired) electrons. The minimum absolute atomic E-state index is 0.0707. The molecule has 2 amide bonds. The number of likely N-dealkylation sites (tertiary alicyclic amines) is 1. The highest BCUT2D eigenvalue weighted by atomic mass is 35.5. The number of nitrogens with one attached hydrogen (secondary N) is 1. The zero-order chi connectivity index (χ0) is 17.8. The molecular weight excluding hydrogens is 338 g/mol. The van der Waals surface area contributed by atoms with E-state index in [4.69, 9.17) is 16.3 Å². The molecule has 0 aliphatic carbocycles. The van der Waals surface area contributed by atoms with Gasteiger partial charge in [0, 0.05) is 30.7 Å². The molecule has 25 heavy (non-hydrogen) atoms. The smallest absolute Gasteiger partial charge is 0.321 e. The quantitative estimate of drug-likeness (QED) is 0.882. The third-order valence-corrected chi connectivity index (χ3v) is 4.45. The van der Waals surface area contributed by atoms with Gasteiger partial charge in [0.2, 0.25) is 0 Å². The van der Waals surface area contributed by atoms with Gasteiger partial charge in [0.05, 0.1) is 6.54 Å². The molecule has 1 unspecified atom stereocenters. The molecule has 0 bridgehead atoms. The Labute approximate surface area is 153 Å². The number of piperidine rings is 1. The number of ether oxygens (including phenoxy) is 1. The Kier molecular flexibility index (Phi) is 5.43. The van der Waals surface area contributed by atoms with E-state index in [0.29, 0.717) is 17.3 Å². The minimum Gasteiger partial charge on any atom is -0.487 e. The lowest BCUT2D eigenvalue weighted by Gasteiger charge is -2.33. The van der Waals surface area contributed by atoms with Gasteiger partial charge >= 0.3 is 6.03 Å². The summed E-state index contributed by atoms with van der Waals surface area (Å²) in [4.78, 5) is 18.3. The molecule has 1 aliphatic rings. The maximum atomic E-state index is 12.6. The zero-order valence-corrected chi connectivity index (χ0v) is 15.2. The molecule has 1 aliphatic heterocycles. The SMILES string of the molecule is Cc1cc(C)cc(NC(=O)N2CCCC(Oc3ccncc3Cl)C2)c1. The number of pyridine rings is 1. The van der Waals surface area contributed by atoms with Gasteiger partial charge in [-0.15, -0.1) is 0 Å². The summed E-state index contributed by atoms with van der Waals surface area (Å²) in [5.41, 5.74) is 3.08. The van der Waals surface area contributed by atoms with Gasteiger partial charge in [0.1, 0.15) is 16.9 Å². The highest BCUT2D eigenvalue weighted by Gasteiger charge is 2.25. The molecule has 2 heterocycles. The van der Waals surface area contributed by atoms with E-state index in [1.54, 1.807) is 23.4 Å². The largest absolute Gasteiger partial charge is 0.487 e. The topological polar surface area (TPSA) is 54.5 Å². The van der Waals surface area contributed by atoms with E-state index in [1.807, 2.05) is 26.0 Å². The lowest BCUT2D eigenvalue weighted by atomic mass is 10.1. The van der Waals surface area contributed by atoms with Crippen LogP contribution in [-0.2, 0) is 0 Å². The third-order valence-electron chi connectivity index (χ3n) is 4.17. The molecule has 2 aromatic rings. The Morgan fingerprint density at radius 2 is 2.08 bits per heavy atom. The Bertz CT molecular complexity index is 746.